The van der Waals surface area contributed by atoms with E-state index in [-0.39, 0.29) is 12.3 Å². The van der Waals surface area contributed by atoms with Gasteiger partial charge in [-0.1, -0.05) is 38.2 Å². The number of ether oxygens (including phenoxy) is 2. The number of fused-ring (bicyclic) bond motifs is 1. The first-order chi connectivity index (χ1) is 12.8. The van der Waals surface area contributed by atoms with Crippen molar-refractivity contribution in [2.75, 3.05) is 18.5 Å². The topological polar surface area (TPSA) is 76.2 Å². The molecule has 1 amide bonds. The number of H-pyrrole nitrogens is 1. The van der Waals surface area contributed by atoms with Crippen molar-refractivity contribution in [3.8, 4) is 11.5 Å². The summed E-state index contributed by atoms with van der Waals surface area (Å²) in [4.78, 5) is 12.3. The van der Waals surface area contributed by atoms with Gasteiger partial charge in [-0.05, 0) is 30.0 Å². The van der Waals surface area contributed by atoms with Gasteiger partial charge in [0.15, 0.2) is 17.3 Å². The highest BCUT2D eigenvalue weighted by Crippen LogP contribution is 2.31. The second kappa shape index (κ2) is 7.81. The number of aromatic amines is 1. The highest BCUT2D eigenvalue weighted by molar-refractivity contribution is 5.91. The lowest BCUT2D eigenvalue weighted by Gasteiger charge is -2.20. The predicted molar refractivity (Wildman–Crippen MR) is 98.6 cm³/mol. The van der Waals surface area contributed by atoms with Crippen LogP contribution in [0.1, 0.15) is 43.4 Å². The lowest BCUT2D eigenvalue weighted by Crippen LogP contribution is -2.17. The van der Waals surface area contributed by atoms with Crippen LogP contribution in [0.4, 0.5) is 5.82 Å². The van der Waals surface area contributed by atoms with Crippen molar-refractivity contribution in [2.45, 2.75) is 44.9 Å². The summed E-state index contributed by atoms with van der Waals surface area (Å²) < 4.78 is 11.1. The van der Waals surface area contributed by atoms with Gasteiger partial charge in [0.1, 0.15) is 13.2 Å². The molecule has 2 aliphatic rings. The molecule has 1 aromatic heterocycles. The molecule has 0 atom stereocenters. The lowest BCUT2D eigenvalue weighted by atomic mass is 9.86. The van der Waals surface area contributed by atoms with Crippen molar-refractivity contribution in [1.29, 1.82) is 0 Å². The molecule has 0 radical (unpaired) electrons. The zero-order chi connectivity index (χ0) is 17.8. The van der Waals surface area contributed by atoms with Crippen LogP contribution in [-0.2, 0) is 17.6 Å². The van der Waals surface area contributed by atoms with E-state index in [1.807, 2.05) is 24.3 Å². The third-order valence-corrected chi connectivity index (χ3v) is 5.10. The summed E-state index contributed by atoms with van der Waals surface area (Å²) in [5.41, 5.74) is 2.00. The molecule has 2 heterocycles. The third-order valence-electron chi connectivity index (χ3n) is 5.10. The summed E-state index contributed by atoms with van der Waals surface area (Å²) in [6.45, 7) is 1.11. The summed E-state index contributed by atoms with van der Waals surface area (Å²) in [6, 6.07) is 7.57. The van der Waals surface area contributed by atoms with E-state index in [4.69, 9.17) is 9.47 Å². The van der Waals surface area contributed by atoms with E-state index in [2.05, 4.69) is 15.5 Å². The molecule has 0 bridgehead atoms. The number of hydrogen-bond acceptors (Lipinski definition) is 4. The molecule has 0 unspecified atom stereocenters. The number of nitrogens with one attached hydrogen (secondary N) is 2. The van der Waals surface area contributed by atoms with Gasteiger partial charge in [0.05, 0.1) is 6.42 Å². The van der Waals surface area contributed by atoms with Crippen LogP contribution in [0.5, 0.6) is 11.5 Å². The van der Waals surface area contributed by atoms with Gasteiger partial charge in [0.2, 0.25) is 5.91 Å². The fourth-order valence-corrected chi connectivity index (χ4v) is 3.80. The van der Waals surface area contributed by atoms with Gasteiger partial charge < -0.3 is 14.8 Å². The Bertz CT molecular complexity index is 765. The fourth-order valence-electron chi connectivity index (χ4n) is 3.80. The molecular weight excluding hydrogens is 330 g/mol. The summed E-state index contributed by atoms with van der Waals surface area (Å²) in [6.07, 6.45) is 7.92. The van der Waals surface area contributed by atoms with E-state index in [0.29, 0.717) is 24.8 Å². The van der Waals surface area contributed by atoms with Gasteiger partial charge in [0, 0.05) is 11.8 Å². The standard InChI is InChI=1S/C20H25N3O3/c24-20(12-15-6-7-17-18(11-15)26-9-8-25-17)21-19-13-16(22-23-19)10-14-4-2-1-3-5-14/h6-7,11,13-14H,1-5,8-10,12H2,(H2,21,22,23,24). The van der Waals surface area contributed by atoms with Crippen LogP contribution in [0.3, 0.4) is 0 Å². The second-order valence-electron chi connectivity index (χ2n) is 7.19. The maximum Gasteiger partial charge on any atom is 0.229 e. The maximum atomic E-state index is 12.3. The quantitative estimate of drug-likeness (QED) is 0.861. The Morgan fingerprint density at radius 3 is 2.77 bits per heavy atom. The van der Waals surface area contributed by atoms with Crippen LogP contribution >= 0.6 is 0 Å². The van der Waals surface area contributed by atoms with E-state index in [1.165, 1.54) is 32.1 Å². The molecule has 4 rings (SSSR count). The number of amides is 1. The van der Waals surface area contributed by atoms with Crippen LogP contribution in [-0.4, -0.2) is 29.3 Å². The molecule has 1 fully saturated rings. The second-order valence-corrected chi connectivity index (χ2v) is 7.19. The number of carbonyl (C=O) groups excluding carboxylic acids is 1. The summed E-state index contributed by atoms with van der Waals surface area (Å²) in [7, 11) is 0. The van der Waals surface area contributed by atoms with Crippen LogP contribution in [0, 0.1) is 5.92 Å². The Balaban J connectivity index is 1.32. The zero-order valence-electron chi connectivity index (χ0n) is 14.9. The molecule has 1 aromatic carbocycles. The third kappa shape index (κ3) is 4.18. The molecular formula is C20H25N3O3. The normalized spacial score (nSPS) is 17.1. The molecule has 1 aliphatic heterocycles. The average molecular weight is 355 g/mol. The molecule has 1 saturated carbocycles. The van der Waals surface area contributed by atoms with Crippen molar-refractivity contribution in [1.82, 2.24) is 10.2 Å². The van der Waals surface area contributed by atoms with Gasteiger partial charge in [-0.25, -0.2) is 0 Å². The predicted octanol–water partition coefficient (Wildman–Crippen LogP) is 3.48. The molecule has 138 valence electrons. The molecule has 2 aromatic rings. The monoisotopic (exact) mass is 355 g/mol. The Morgan fingerprint density at radius 1 is 1.12 bits per heavy atom. The van der Waals surface area contributed by atoms with Gasteiger partial charge in [-0.2, -0.15) is 5.10 Å². The molecule has 2 N–H and O–H groups in total. The number of anilines is 1. The van der Waals surface area contributed by atoms with Gasteiger partial charge in [0.25, 0.3) is 0 Å². The number of nitrogens with zero attached hydrogens (tertiary/aromatic N) is 1. The summed E-state index contributed by atoms with van der Waals surface area (Å²) >= 11 is 0. The number of aromatic nitrogens is 2. The molecule has 0 spiro atoms. The maximum absolute atomic E-state index is 12.3. The lowest BCUT2D eigenvalue weighted by molar-refractivity contribution is -0.115. The Morgan fingerprint density at radius 2 is 1.92 bits per heavy atom. The minimum Gasteiger partial charge on any atom is -0.486 e. The van der Waals surface area contributed by atoms with Crippen molar-refractivity contribution in [2.24, 2.45) is 5.92 Å². The number of hydrogen-bond donors (Lipinski definition) is 2. The Kier molecular flexibility index (Phi) is 5.09. The SMILES string of the molecule is O=C(Cc1ccc2c(c1)OCCO2)Nc1cc(CC2CCCCC2)[nH]n1. The first kappa shape index (κ1) is 16.9. The molecule has 26 heavy (non-hydrogen) atoms. The number of rotatable bonds is 5. The van der Waals surface area contributed by atoms with Crippen LogP contribution in [0.15, 0.2) is 24.3 Å². The largest absolute Gasteiger partial charge is 0.486 e. The fraction of sp³-hybridized carbons (Fsp3) is 0.500. The Labute approximate surface area is 153 Å². The highest BCUT2D eigenvalue weighted by atomic mass is 16.6. The van der Waals surface area contributed by atoms with Gasteiger partial charge >= 0.3 is 0 Å². The first-order valence-electron chi connectivity index (χ1n) is 9.49. The van der Waals surface area contributed by atoms with Crippen molar-refractivity contribution in [3.63, 3.8) is 0 Å². The van der Waals surface area contributed by atoms with Crippen LogP contribution < -0.4 is 14.8 Å². The van der Waals surface area contributed by atoms with Crippen LogP contribution in [0.2, 0.25) is 0 Å². The van der Waals surface area contributed by atoms with Crippen LogP contribution in [0.25, 0.3) is 0 Å². The molecule has 6 heteroatoms. The van der Waals surface area contributed by atoms with E-state index in [9.17, 15) is 4.79 Å². The summed E-state index contributed by atoms with van der Waals surface area (Å²) in [5.74, 6) is 2.69. The van der Waals surface area contributed by atoms with Gasteiger partial charge in [-0.15, -0.1) is 0 Å². The molecule has 1 aliphatic carbocycles. The minimum atomic E-state index is -0.0857. The van der Waals surface area contributed by atoms with Crippen molar-refractivity contribution < 1.29 is 14.3 Å². The van der Waals surface area contributed by atoms with E-state index >= 15 is 0 Å². The van der Waals surface area contributed by atoms with Crippen molar-refractivity contribution in [3.05, 3.63) is 35.5 Å². The number of benzene rings is 1. The zero-order valence-corrected chi connectivity index (χ0v) is 14.9. The summed E-state index contributed by atoms with van der Waals surface area (Å²) in [5, 5.41) is 10.2. The average Bonchev–Trinajstić information content (AvgIpc) is 3.09. The highest BCUT2D eigenvalue weighted by Gasteiger charge is 2.16. The van der Waals surface area contributed by atoms with E-state index < -0.39 is 0 Å². The van der Waals surface area contributed by atoms with Crippen molar-refractivity contribution >= 4 is 11.7 Å². The Hall–Kier alpha value is -2.50. The van der Waals surface area contributed by atoms with E-state index in [0.717, 1.165) is 29.3 Å². The number of carbonyl (C=O) groups is 1. The molecule has 0 saturated heterocycles. The smallest absolute Gasteiger partial charge is 0.229 e. The van der Waals surface area contributed by atoms with E-state index in [1.54, 1.807) is 0 Å². The van der Waals surface area contributed by atoms with Gasteiger partial charge in [-0.3, -0.25) is 9.89 Å². The minimum absolute atomic E-state index is 0.0857. The molecule has 6 nitrogen and oxygen atoms in total. The first-order valence-corrected chi connectivity index (χ1v) is 9.49.